The van der Waals surface area contributed by atoms with Crippen LogP contribution in [0.4, 0.5) is 5.69 Å². The van der Waals surface area contributed by atoms with Crippen molar-refractivity contribution >= 4 is 23.4 Å². The first kappa shape index (κ1) is 19.3. The van der Waals surface area contributed by atoms with Gasteiger partial charge in [0.2, 0.25) is 12.0 Å². The Morgan fingerprint density at radius 1 is 1.00 bits per heavy atom. The average Bonchev–Trinajstić information content (AvgIpc) is 2.73. The molecule has 3 rings (SSSR count). The van der Waals surface area contributed by atoms with Crippen molar-refractivity contribution < 1.29 is 29.0 Å². The number of rotatable bonds is 4. The van der Waals surface area contributed by atoms with Gasteiger partial charge in [0.25, 0.3) is 11.8 Å². The molecular formula is C18H23N3O6. The SMILES string of the molecule is O=C(Nc1ccccc1)C1COCCN1C(=O)C(O)C(=O)N1CCOCC1. The van der Waals surface area contributed by atoms with E-state index in [4.69, 9.17) is 9.47 Å². The molecule has 0 saturated carbocycles. The molecule has 9 nitrogen and oxygen atoms in total. The lowest BCUT2D eigenvalue weighted by Crippen LogP contribution is -2.59. The lowest BCUT2D eigenvalue weighted by molar-refractivity contribution is -0.162. The molecule has 2 aliphatic heterocycles. The van der Waals surface area contributed by atoms with Crippen LogP contribution < -0.4 is 5.32 Å². The molecule has 2 heterocycles. The van der Waals surface area contributed by atoms with Gasteiger partial charge in [-0.2, -0.15) is 0 Å². The summed E-state index contributed by atoms with van der Waals surface area (Å²) in [7, 11) is 0. The predicted octanol–water partition coefficient (Wildman–Crippen LogP) is -0.928. The van der Waals surface area contributed by atoms with Crippen LogP contribution in [-0.2, 0) is 23.9 Å². The van der Waals surface area contributed by atoms with E-state index in [-0.39, 0.29) is 19.8 Å². The van der Waals surface area contributed by atoms with E-state index >= 15 is 0 Å². The molecule has 0 aromatic heterocycles. The molecular weight excluding hydrogens is 354 g/mol. The summed E-state index contributed by atoms with van der Waals surface area (Å²) in [6.07, 6.45) is -1.84. The summed E-state index contributed by atoms with van der Waals surface area (Å²) in [6.45, 7) is 1.74. The van der Waals surface area contributed by atoms with E-state index in [0.717, 1.165) is 0 Å². The van der Waals surface area contributed by atoms with Gasteiger partial charge in [-0.3, -0.25) is 14.4 Å². The molecule has 0 bridgehead atoms. The summed E-state index contributed by atoms with van der Waals surface area (Å²) in [5, 5.41) is 13.0. The van der Waals surface area contributed by atoms with Crippen LogP contribution in [0.3, 0.4) is 0 Å². The molecule has 1 aromatic carbocycles. The van der Waals surface area contributed by atoms with Gasteiger partial charge in [0.05, 0.1) is 26.4 Å². The smallest absolute Gasteiger partial charge is 0.262 e. The Morgan fingerprint density at radius 3 is 2.37 bits per heavy atom. The molecule has 2 saturated heterocycles. The molecule has 9 heteroatoms. The topological polar surface area (TPSA) is 108 Å². The van der Waals surface area contributed by atoms with Crippen molar-refractivity contribution in [1.82, 2.24) is 9.80 Å². The largest absolute Gasteiger partial charge is 0.378 e. The van der Waals surface area contributed by atoms with Crippen LogP contribution in [0.5, 0.6) is 0 Å². The van der Waals surface area contributed by atoms with Crippen LogP contribution in [0.25, 0.3) is 0 Å². The van der Waals surface area contributed by atoms with Crippen LogP contribution in [0.2, 0.25) is 0 Å². The van der Waals surface area contributed by atoms with Crippen molar-refractivity contribution in [2.24, 2.45) is 0 Å². The maximum Gasteiger partial charge on any atom is 0.262 e. The van der Waals surface area contributed by atoms with Gasteiger partial charge in [0.15, 0.2) is 0 Å². The number of nitrogens with zero attached hydrogens (tertiary/aromatic N) is 2. The highest BCUT2D eigenvalue weighted by molar-refractivity contribution is 6.05. The lowest BCUT2D eigenvalue weighted by Gasteiger charge is -2.36. The molecule has 0 spiro atoms. The Balaban J connectivity index is 1.67. The Morgan fingerprint density at radius 2 is 1.67 bits per heavy atom. The first-order chi connectivity index (χ1) is 13.1. The number of para-hydroxylation sites is 1. The molecule has 146 valence electrons. The van der Waals surface area contributed by atoms with Gasteiger partial charge in [-0.15, -0.1) is 0 Å². The molecule has 2 N–H and O–H groups in total. The number of nitrogens with one attached hydrogen (secondary N) is 1. The van der Waals surface area contributed by atoms with E-state index in [0.29, 0.717) is 32.0 Å². The second kappa shape index (κ2) is 8.94. The standard InChI is InChI=1S/C18H23N3O6/c22-15(17(24)20-6-9-26-10-7-20)18(25)21-8-11-27-12-14(21)16(23)19-13-4-2-1-3-5-13/h1-5,14-15,22H,6-12H2,(H,19,23). The number of aliphatic hydroxyl groups excluding tert-OH is 1. The number of benzene rings is 1. The number of anilines is 1. The summed E-state index contributed by atoms with van der Waals surface area (Å²) in [5.74, 6) is -1.89. The van der Waals surface area contributed by atoms with Gasteiger partial charge in [0, 0.05) is 25.3 Å². The summed E-state index contributed by atoms with van der Waals surface area (Å²) in [5.41, 5.74) is 0.588. The van der Waals surface area contributed by atoms with Crippen molar-refractivity contribution in [2.75, 3.05) is 51.4 Å². The number of carbonyl (C=O) groups is 3. The second-order valence-electron chi connectivity index (χ2n) is 6.32. The minimum atomic E-state index is -1.84. The summed E-state index contributed by atoms with van der Waals surface area (Å²) in [4.78, 5) is 40.3. The highest BCUT2D eigenvalue weighted by atomic mass is 16.5. The van der Waals surface area contributed by atoms with Crippen molar-refractivity contribution in [3.8, 4) is 0 Å². The molecule has 3 amide bonds. The van der Waals surface area contributed by atoms with Crippen molar-refractivity contribution in [1.29, 1.82) is 0 Å². The van der Waals surface area contributed by atoms with E-state index in [2.05, 4.69) is 5.32 Å². The number of carbonyl (C=O) groups excluding carboxylic acids is 3. The summed E-state index contributed by atoms with van der Waals surface area (Å²) >= 11 is 0. The maximum absolute atomic E-state index is 12.7. The van der Waals surface area contributed by atoms with Crippen LogP contribution in [0, 0.1) is 0 Å². The summed E-state index contributed by atoms with van der Waals surface area (Å²) in [6, 6.07) is 7.91. The van der Waals surface area contributed by atoms with E-state index in [1.54, 1.807) is 24.3 Å². The minimum absolute atomic E-state index is 0.00285. The number of ether oxygens (including phenoxy) is 2. The van der Waals surface area contributed by atoms with Gasteiger partial charge < -0.3 is 29.7 Å². The summed E-state index contributed by atoms with van der Waals surface area (Å²) < 4.78 is 10.5. The van der Waals surface area contributed by atoms with Crippen molar-refractivity contribution in [2.45, 2.75) is 12.1 Å². The zero-order valence-electron chi connectivity index (χ0n) is 14.9. The third-order valence-corrected chi connectivity index (χ3v) is 4.55. The third-order valence-electron chi connectivity index (χ3n) is 4.55. The lowest BCUT2D eigenvalue weighted by atomic mass is 10.1. The Labute approximate surface area is 156 Å². The fourth-order valence-corrected chi connectivity index (χ4v) is 3.05. The number of hydrogen-bond acceptors (Lipinski definition) is 6. The first-order valence-corrected chi connectivity index (χ1v) is 8.86. The number of aliphatic hydroxyl groups is 1. The van der Waals surface area contributed by atoms with Gasteiger partial charge in [-0.1, -0.05) is 18.2 Å². The Bertz CT molecular complexity index is 677. The molecule has 2 unspecified atom stereocenters. The fourth-order valence-electron chi connectivity index (χ4n) is 3.05. The van der Waals surface area contributed by atoms with Crippen LogP contribution >= 0.6 is 0 Å². The van der Waals surface area contributed by atoms with Crippen LogP contribution in [0.1, 0.15) is 0 Å². The third kappa shape index (κ3) is 4.62. The first-order valence-electron chi connectivity index (χ1n) is 8.86. The number of hydrogen-bond donors (Lipinski definition) is 2. The average molecular weight is 377 g/mol. The quantitative estimate of drug-likeness (QED) is 0.657. The molecule has 2 aliphatic rings. The predicted molar refractivity (Wildman–Crippen MR) is 94.8 cm³/mol. The zero-order chi connectivity index (χ0) is 19.2. The molecule has 0 aliphatic carbocycles. The minimum Gasteiger partial charge on any atom is -0.378 e. The molecule has 27 heavy (non-hydrogen) atoms. The normalized spacial score (nSPS) is 21.4. The van der Waals surface area contributed by atoms with E-state index in [1.165, 1.54) is 9.80 Å². The van der Waals surface area contributed by atoms with E-state index in [9.17, 15) is 19.5 Å². The highest BCUT2D eigenvalue weighted by Crippen LogP contribution is 2.14. The molecule has 0 radical (unpaired) electrons. The highest BCUT2D eigenvalue weighted by Gasteiger charge is 2.39. The molecule has 2 atom stereocenters. The van der Waals surface area contributed by atoms with E-state index < -0.39 is 29.9 Å². The zero-order valence-corrected chi connectivity index (χ0v) is 14.9. The molecule has 2 fully saturated rings. The number of morpholine rings is 2. The Kier molecular flexibility index (Phi) is 6.38. The molecule has 1 aromatic rings. The van der Waals surface area contributed by atoms with Gasteiger partial charge in [-0.05, 0) is 12.1 Å². The van der Waals surface area contributed by atoms with Gasteiger partial charge >= 0.3 is 0 Å². The second-order valence-corrected chi connectivity index (χ2v) is 6.32. The van der Waals surface area contributed by atoms with Gasteiger partial charge in [-0.25, -0.2) is 0 Å². The van der Waals surface area contributed by atoms with Crippen molar-refractivity contribution in [3.63, 3.8) is 0 Å². The number of amides is 3. The van der Waals surface area contributed by atoms with Gasteiger partial charge in [0.1, 0.15) is 6.04 Å². The van der Waals surface area contributed by atoms with E-state index in [1.807, 2.05) is 6.07 Å². The fraction of sp³-hybridized carbons (Fsp3) is 0.500. The van der Waals surface area contributed by atoms with Crippen molar-refractivity contribution in [3.05, 3.63) is 30.3 Å². The van der Waals surface area contributed by atoms with Crippen LogP contribution in [0.15, 0.2) is 30.3 Å². The van der Waals surface area contributed by atoms with Crippen LogP contribution in [-0.4, -0.2) is 90.8 Å². The maximum atomic E-state index is 12.7. The monoisotopic (exact) mass is 377 g/mol. The Hall–Kier alpha value is -2.49.